The predicted octanol–water partition coefficient (Wildman–Crippen LogP) is 4.72. The number of anilines is 2. The van der Waals surface area contributed by atoms with Gasteiger partial charge in [0.25, 0.3) is 0 Å². The Kier molecular flexibility index (Phi) is 3.87. The number of nitrogens with zero attached hydrogens (tertiary/aromatic N) is 4. The minimum absolute atomic E-state index is 0.711. The maximum Gasteiger partial charge on any atom is 0.158 e. The quantitative estimate of drug-likeness (QED) is 0.498. The van der Waals surface area contributed by atoms with Gasteiger partial charge in [-0.15, -0.1) is 5.10 Å². The molecule has 0 fully saturated rings. The zero-order valence-corrected chi connectivity index (χ0v) is 15.2. The van der Waals surface area contributed by atoms with Crippen LogP contribution in [0.25, 0.3) is 27.8 Å². The van der Waals surface area contributed by atoms with Gasteiger partial charge in [-0.3, -0.25) is 0 Å². The highest BCUT2D eigenvalue weighted by atomic mass is 16.5. The van der Waals surface area contributed by atoms with E-state index < -0.39 is 0 Å². The molecule has 0 aliphatic carbocycles. The van der Waals surface area contributed by atoms with Crippen molar-refractivity contribution in [1.82, 2.24) is 20.0 Å². The molecule has 5 rings (SSSR count). The lowest BCUT2D eigenvalue weighted by molar-refractivity contribution is 0.415. The molecular weight excluding hydrogens is 350 g/mol. The van der Waals surface area contributed by atoms with Gasteiger partial charge in [0.2, 0.25) is 0 Å². The second-order valence-corrected chi connectivity index (χ2v) is 6.39. The van der Waals surface area contributed by atoms with Crippen LogP contribution in [0, 0.1) is 0 Å². The molecule has 2 aromatic heterocycles. The molecule has 136 valence electrons. The number of fused-ring (bicyclic) bond motifs is 2. The third-order valence-electron chi connectivity index (χ3n) is 4.64. The van der Waals surface area contributed by atoms with Crippen LogP contribution in [0.15, 0.2) is 78.9 Å². The van der Waals surface area contributed by atoms with Crippen LogP contribution in [-0.4, -0.2) is 27.1 Å². The van der Waals surface area contributed by atoms with Crippen molar-refractivity contribution in [3.8, 4) is 11.6 Å². The van der Waals surface area contributed by atoms with Gasteiger partial charge >= 0.3 is 0 Å². The molecule has 0 atom stereocenters. The van der Waals surface area contributed by atoms with Gasteiger partial charge in [0.05, 0.1) is 23.8 Å². The Morgan fingerprint density at radius 3 is 2.43 bits per heavy atom. The van der Waals surface area contributed by atoms with Gasteiger partial charge in [-0.1, -0.05) is 35.5 Å². The van der Waals surface area contributed by atoms with Crippen LogP contribution in [0.5, 0.6) is 5.75 Å². The van der Waals surface area contributed by atoms with Crippen molar-refractivity contribution in [2.75, 3.05) is 12.4 Å². The van der Waals surface area contributed by atoms with Crippen LogP contribution in [0.4, 0.5) is 11.4 Å². The molecule has 0 spiro atoms. The Hall–Kier alpha value is -3.93. The number of para-hydroxylation sites is 2. The van der Waals surface area contributed by atoms with Crippen molar-refractivity contribution in [3.05, 3.63) is 78.9 Å². The maximum absolute atomic E-state index is 5.24. The van der Waals surface area contributed by atoms with E-state index in [2.05, 4.69) is 21.7 Å². The Labute approximate surface area is 161 Å². The van der Waals surface area contributed by atoms with Crippen molar-refractivity contribution in [1.29, 1.82) is 0 Å². The zero-order chi connectivity index (χ0) is 18.9. The molecule has 0 bridgehead atoms. The van der Waals surface area contributed by atoms with E-state index in [9.17, 15) is 0 Å². The van der Waals surface area contributed by atoms with Gasteiger partial charge in [0.1, 0.15) is 11.3 Å². The molecule has 2 heterocycles. The van der Waals surface area contributed by atoms with Crippen LogP contribution in [0.2, 0.25) is 0 Å². The molecule has 0 radical (unpaired) electrons. The SMILES string of the molecule is COc1ccc(Nc2cc(-n3nnc4ccccc43)nc3ccccc23)cc1. The molecule has 0 saturated heterocycles. The lowest BCUT2D eigenvalue weighted by atomic mass is 10.1. The summed E-state index contributed by atoms with van der Waals surface area (Å²) in [5.41, 5.74) is 4.55. The third kappa shape index (κ3) is 2.81. The number of aromatic nitrogens is 4. The van der Waals surface area contributed by atoms with E-state index in [1.54, 1.807) is 11.8 Å². The fourth-order valence-electron chi connectivity index (χ4n) is 3.24. The molecule has 3 aromatic carbocycles. The Morgan fingerprint density at radius 1 is 0.857 bits per heavy atom. The molecule has 0 saturated carbocycles. The lowest BCUT2D eigenvalue weighted by Gasteiger charge is -2.12. The first kappa shape index (κ1) is 16.3. The van der Waals surface area contributed by atoms with E-state index >= 15 is 0 Å². The molecular formula is C22H17N5O. The maximum atomic E-state index is 5.24. The minimum atomic E-state index is 0.711. The van der Waals surface area contributed by atoms with Crippen molar-refractivity contribution in [2.24, 2.45) is 0 Å². The largest absolute Gasteiger partial charge is 0.497 e. The highest BCUT2D eigenvalue weighted by Gasteiger charge is 2.11. The van der Waals surface area contributed by atoms with E-state index in [4.69, 9.17) is 9.72 Å². The standard InChI is InChI=1S/C22H17N5O/c1-28-16-12-10-15(11-13-16)23-20-14-22(24-18-7-3-2-6-17(18)20)27-21-9-5-4-8-19(21)25-26-27/h2-14H,1H3,(H,23,24). The highest BCUT2D eigenvalue weighted by Crippen LogP contribution is 2.29. The summed E-state index contributed by atoms with van der Waals surface area (Å²) >= 11 is 0. The second kappa shape index (κ2) is 6.66. The summed E-state index contributed by atoms with van der Waals surface area (Å²) in [6.45, 7) is 0. The van der Waals surface area contributed by atoms with Gasteiger partial charge < -0.3 is 10.1 Å². The van der Waals surface area contributed by atoms with E-state index in [1.807, 2.05) is 72.8 Å². The molecule has 28 heavy (non-hydrogen) atoms. The molecule has 6 nitrogen and oxygen atoms in total. The number of hydrogen-bond acceptors (Lipinski definition) is 5. The Balaban J connectivity index is 1.65. The number of methoxy groups -OCH3 is 1. The number of nitrogens with one attached hydrogen (secondary N) is 1. The van der Waals surface area contributed by atoms with Crippen molar-refractivity contribution < 1.29 is 4.74 Å². The molecule has 0 unspecified atom stereocenters. The molecule has 0 aliphatic heterocycles. The normalized spacial score (nSPS) is 11.0. The summed E-state index contributed by atoms with van der Waals surface area (Å²) in [7, 11) is 1.66. The fraction of sp³-hybridized carbons (Fsp3) is 0.0455. The summed E-state index contributed by atoms with van der Waals surface area (Å²) in [5, 5.41) is 13.1. The predicted molar refractivity (Wildman–Crippen MR) is 110 cm³/mol. The average Bonchev–Trinajstić information content (AvgIpc) is 3.18. The Bertz CT molecular complexity index is 1280. The van der Waals surface area contributed by atoms with E-state index in [0.717, 1.165) is 39.1 Å². The smallest absolute Gasteiger partial charge is 0.158 e. The van der Waals surface area contributed by atoms with Gasteiger partial charge in [-0.25, -0.2) is 4.98 Å². The number of benzene rings is 3. The first-order chi connectivity index (χ1) is 13.8. The lowest BCUT2D eigenvalue weighted by Crippen LogP contribution is -2.02. The first-order valence-electron chi connectivity index (χ1n) is 8.93. The van der Waals surface area contributed by atoms with E-state index in [-0.39, 0.29) is 0 Å². The molecule has 1 N–H and O–H groups in total. The number of ether oxygens (including phenoxy) is 1. The molecule has 0 amide bonds. The summed E-state index contributed by atoms with van der Waals surface area (Å²) in [6.07, 6.45) is 0. The second-order valence-electron chi connectivity index (χ2n) is 6.39. The molecule has 5 aromatic rings. The van der Waals surface area contributed by atoms with E-state index in [1.165, 1.54) is 0 Å². The topological polar surface area (TPSA) is 64.9 Å². The molecule has 6 heteroatoms. The average molecular weight is 367 g/mol. The summed E-state index contributed by atoms with van der Waals surface area (Å²) in [5.74, 6) is 1.53. The summed E-state index contributed by atoms with van der Waals surface area (Å²) in [6, 6.07) is 25.7. The monoisotopic (exact) mass is 367 g/mol. The van der Waals surface area contributed by atoms with Gasteiger partial charge in [-0.05, 0) is 42.5 Å². The van der Waals surface area contributed by atoms with Crippen molar-refractivity contribution in [2.45, 2.75) is 0 Å². The summed E-state index contributed by atoms with van der Waals surface area (Å²) in [4.78, 5) is 4.80. The first-order valence-corrected chi connectivity index (χ1v) is 8.93. The minimum Gasteiger partial charge on any atom is -0.497 e. The summed E-state index contributed by atoms with van der Waals surface area (Å²) < 4.78 is 7.01. The van der Waals surface area contributed by atoms with Crippen LogP contribution in [0.3, 0.4) is 0 Å². The van der Waals surface area contributed by atoms with Crippen molar-refractivity contribution >= 4 is 33.3 Å². The van der Waals surface area contributed by atoms with Crippen molar-refractivity contribution in [3.63, 3.8) is 0 Å². The number of pyridine rings is 1. The third-order valence-corrected chi connectivity index (χ3v) is 4.64. The Morgan fingerprint density at radius 2 is 1.61 bits per heavy atom. The van der Waals surface area contributed by atoms with Gasteiger partial charge in [0.15, 0.2) is 5.82 Å². The fourth-order valence-corrected chi connectivity index (χ4v) is 3.24. The van der Waals surface area contributed by atoms with E-state index in [0.29, 0.717) is 5.82 Å². The van der Waals surface area contributed by atoms with Crippen LogP contribution < -0.4 is 10.1 Å². The van der Waals surface area contributed by atoms with Gasteiger partial charge in [-0.2, -0.15) is 4.68 Å². The number of hydrogen-bond donors (Lipinski definition) is 1. The number of rotatable bonds is 4. The highest BCUT2D eigenvalue weighted by molar-refractivity contribution is 5.94. The van der Waals surface area contributed by atoms with Gasteiger partial charge in [0, 0.05) is 17.1 Å². The molecule has 0 aliphatic rings. The zero-order valence-electron chi connectivity index (χ0n) is 15.2. The van der Waals surface area contributed by atoms with Crippen LogP contribution in [-0.2, 0) is 0 Å². The van der Waals surface area contributed by atoms with Crippen LogP contribution >= 0.6 is 0 Å². The van der Waals surface area contributed by atoms with Crippen LogP contribution in [0.1, 0.15) is 0 Å².